The van der Waals surface area contributed by atoms with E-state index in [1.54, 1.807) is 0 Å². The maximum absolute atomic E-state index is 2.73. The summed E-state index contributed by atoms with van der Waals surface area (Å²) in [6.45, 7) is -0.406. The molecule has 1 aromatic heterocycles. The minimum Gasteiger partial charge on any atom is -0.310 e. The fourth-order valence-corrected chi connectivity index (χ4v) is 21.0. The highest BCUT2D eigenvalue weighted by atomic mass is 15.2. The van der Waals surface area contributed by atoms with E-state index in [9.17, 15) is 0 Å². The predicted molar refractivity (Wildman–Crippen MR) is 540 cm³/mol. The van der Waals surface area contributed by atoms with Crippen molar-refractivity contribution in [1.82, 2.24) is 4.57 Å². The summed E-state index contributed by atoms with van der Waals surface area (Å²) >= 11 is 0. The normalized spacial score (nSPS) is 12.2. The van der Waals surface area contributed by atoms with E-state index in [2.05, 4.69) is 499 Å². The van der Waals surface area contributed by atoms with Crippen LogP contribution in [0, 0.1) is 0 Å². The van der Waals surface area contributed by atoms with Gasteiger partial charge in [-0.1, -0.05) is 388 Å². The molecule has 0 unspecified atom stereocenters. The molecule has 0 spiro atoms. The zero-order chi connectivity index (χ0) is 83.6. The van der Waals surface area contributed by atoms with Crippen LogP contribution in [0.25, 0.3) is 171 Å². The van der Waals surface area contributed by atoms with Crippen molar-refractivity contribution < 1.29 is 0 Å². The third-order valence-electron chi connectivity index (χ3n) is 26.6. The third kappa shape index (κ3) is 12.1. The van der Waals surface area contributed by atoms with Gasteiger partial charge in [-0.2, -0.15) is 0 Å². The molecule has 4 nitrogen and oxygen atoms in total. The highest BCUT2D eigenvalue weighted by molar-refractivity contribution is 7.00. The Balaban J connectivity index is 0.876. The Morgan fingerprint density at radius 3 is 1.00 bits per heavy atom. The van der Waals surface area contributed by atoms with Crippen LogP contribution in [0.3, 0.4) is 0 Å². The second-order valence-electron chi connectivity index (χ2n) is 33.7. The number of hydrogen-bond acceptors (Lipinski definition) is 3. The van der Waals surface area contributed by atoms with Gasteiger partial charge in [-0.15, -0.1) is 0 Å². The summed E-state index contributed by atoms with van der Waals surface area (Å²) in [5, 5.41) is 12.4. The number of nitrogens with zero attached hydrogens (tertiary/aromatic N) is 4. The summed E-state index contributed by atoms with van der Waals surface area (Å²) in [4.78, 5) is 7.97. The molecule has 5 heteroatoms. The fourth-order valence-electron chi connectivity index (χ4n) is 21.0. The zero-order valence-corrected chi connectivity index (χ0v) is 69.5. The average molecular weight is 1610 g/mol. The monoisotopic (exact) mass is 1610 g/mol. The Hall–Kier alpha value is -16.6. The van der Waals surface area contributed by atoms with Crippen LogP contribution in [-0.4, -0.2) is 11.3 Å². The lowest BCUT2D eigenvalue weighted by molar-refractivity contribution is 1.17. The van der Waals surface area contributed by atoms with Crippen LogP contribution in [0.1, 0.15) is 0 Å². The van der Waals surface area contributed by atoms with Gasteiger partial charge in [0.15, 0.2) is 0 Å². The molecule has 3 heterocycles. The Morgan fingerprint density at radius 2 is 0.551 bits per heavy atom. The van der Waals surface area contributed by atoms with Crippen LogP contribution in [0.5, 0.6) is 0 Å². The van der Waals surface area contributed by atoms with Crippen molar-refractivity contribution in [3.05, 3.63) is 479 Å². The maximum atomic E-state index is 2.73. The number of aromatic nitrogens is 1. The Kier molecular flexibility index (Phi) is 17.4. The Bertz CT molecular complexity index is 7950. The van der Waals surface area contributed by atoms with E-state index in [0.29, 0.717) is 0 Å². The second-order valence-corrected chi connectivity index (χ2v) is 33.7. The van der Waals surface area contributed by atoms with Gasteiger partial charge in [0, 0.05) is 72.8 Å². The lowest BCUT2D eigenvalue weighted by Crippen LogP contribution is -2.61. The van der Waals surface area contributed by atoms with Crippen molar-refractivity contribution in [2.75, 3.05) is 14.7 Å². The van der Waals surface area contributed by atoms with Gasteiger partial charge in [-0.25, -0.2) is 0 Å². The van der Waals surface area contributed by atoms with Gasteiger partial charge in [-0.05, 0) is 228 Å². The van der Waals surface area contributed by atoms with Crippen LogP contribution >= 0.6 is 0 Å². The standard InChI is InChI=1S/C122H79BN4/c1-9-32-80(33-10-1)84-58-64-95(65-59-84)124(96-66-60-85(61-67-96)81-34-11-2-12-35-81)98-78-115-120-116(79-98)127(122-107(88-44-21-7-22-45-88)74-94(83-38-15-4-16-39-83)75-108(122)89-46-23-8-24-47-89)114-77-97(125-111-56-27-25-51-100(111)101-52-26-28-57-112(101)125)68-70-109(114)123(120)110-76-92(99-69-62-91-50-30-54-103-102-53-29-48-90-49-31-55-104(117(90)102)119(99)118(91)103)63-71-113(110)126(115)121-105(86-40-17-5-18-41-86)72-93(82-36-13-3-14-37-82)73-106(121)87-42-19-6-20-43-87/h1-79H. The number of benzene rings is 22. The summed E-state index contributed by atoms with van der Waals surface area (Å²) < 4.78 is 2.51. The van der Waals surface area contributed by atoms with E-state index in [1.807, 2.05) is 0 Å². The maximum Gasteiger partial charge on any atom is 0.252 e. The third-order valence-corrected chi connectivity index (χ3v) is 26.6. The van der Waals surface area contributed by atoms with E-state index in [0.717, 1.165) is 162 Å². The lowest BCUT2D eigenvalue weighted by Gasteiger charge is -2.46. The summed E-state index contributed by atoms with van der Waals surface area (Å²) in [5.74, 6) is 0. The number of para-hydroxylation sites is 2. The molecule has 590 valence electrons. The summed E-state index contributed by atoms with van der Waals surface area (Å²) in [5.41, 5.74) is 36.3. The molecule has 22 aromatic carbocycles. The number of anilines is 9. The van der Waals surface area contributed by atoms with Crippen molar-refractivity contribution in [1.29, 1.82) is 0 Å². The molecule has 0 saturated heterocycles. The molecule has 23 aromatic rings. The zero-order valence-electron chi connectivity index (χ0n) is 69.5. The van der Waals surface area contributed by atoms with E-state index >= 15 is 0 Å². The predicted octanol–water partition coefficient (Wildman–Crippen LogP) is 31.4. The molecule has 2 aliphatic heterocycles. The number of hydrogen-bond donors (Lipinski definition) is 0. The van der Waals surface area contributed by atoms with Crippen molar-refractivity contribution in [2.24, 2.45) is 0 Å². The smallest absolute Gasteiger partial charge is 0.252 e. The summed E-state index contributed by atoms with van der Waals surface area (Å²) in [7, 11) is 0. The van der Waals surface area contributed by atoms with Gasteiger partial charge in [0.05, 0.1) is 28.1 Å². The van der Waals surface area contributed by atoms with Crippen LogP contribution in [0.15, 0.2) is 479 Å². The highest BCUT2D eigenvalue weighted by Gasteiger charge is 2.47. The van der Waals surface area contributed by atoms with Crippen LogP contribution < -0.4 is 31.1 Å². The van der Waals surface area contributed by atoms with Crippen molar-refractivity contribution in [3.8, 4) is 106 Å². The van der Waals surface area contributed by atoms with Gasteiger partial charge in [0.2, 0.25) is 0 Å². The minimum atomic E-state index is -0.406. The first-order valence-electron chi connectivity index (χ1n) is 44.0. The molecular weight excluding hydrogens is 1530 g/mol. The molecule has 127 heavy (non-hydrogen) atoms. The molecule has 0 atom stereocenters. The number of fused-ring (bicyclic) bond motifs is 9. The van der Waals surface area contributed by atoms with Gasteiger partial charge in [0.25, 0.3) is 6.71 Å². The molecule has 0 N–H and O–H groups in total. The van der Waals surface area contributed by atoms with E-state index in [-0.39, 0.29) is 0 Å². The number of rotatable bonds is 15. The Labute approximate surface area is 738 Å². The molecule has 0 fully saturated rings. The lowest BCUT2D eigenvalue weighted by atomic mass is 9.33. The first-order chi connectivity index (χ1) is 63.0. The molecule has 2 aliphatic rings. The van der Waals surface area contributed by atoms with Gasteiger partial charge >= 0.3 is 0 Å². The highest BCUT2D eigenvalue weighted by Crippen LogP contribution is 2.58. The first kappa shape index (κ1) is 73.2. The van der Waals surface area contributed by atoms with Crippen molar-refractivity contribution in [3.63, 3.8) is 0 Å². The second kappa shape index (κ2) is 30.2. The largest absolute Gasteiger partial charge is 0.310 e. The fraction of sp³-hybridized carbons (Fsp3) is 0. The first-order valence-corrected chi connectivity index (χ1v) is 44.0. The molecular formula is C122H79BN4. The molecule has 0 aliphatic carbocycles. The summed E-state index contributed by atoms with van der Waals surface area (Å²) in [6, 6.07) is 180. The van der Waals surface area contributed by atoms with Gasteiger partial charge in [0.1, 0.15) is 0 Å². The van der Waals surface area contributed by atoms with E-state index in [4.69, 9.17) is 0 Å². The van der Waals surface area contributed by atoms with Crippen LogP contribution in [0.4, 0.5) is 51.2 Å². The Morgan fingerprint density at radius 1 is 0.189 bits per heavy atom. The average Bonchev–Trinajstić information content (AvgIpc) is 1.12. The van der Waals surface area contributed by atoms with E-state index in [1.165, 1.54) is 75.8 Å². The topological polar surface area (TPSA) is 14.7 Å². The summed E-state index contributed by atoms with van der Waals surface area (Å²) in [6.07, 6.45) is 0. The quantitative estimate of drug-likeness (QED) is 0.0578. The minimum absolute atomic E-state index is 0.406. The van der Waals surface area contributed by atoms with Gasteiger partial charge < -0.3 is 19.3 Å². The van der Waals surface area contributed by atoms with Gasteiger partial charge in [-0.3, -0.25) is 0 Å². The SMILES string of the molecule is c1ccc(-c2ccc(N(c3ccc(-c4ccccc4)cc3)c3cc4c5c(c3)N(c3c(-c6ccccc6)cc(-c6ccccc6)cc3-c3ccccc3)c3cc(-n6c7ccccc7c7ccccc76)ccc3B5c3cc(-c5ccc6cccc7c8cccc9cccc(c5c67)c98)ccc3N4c3c(-c4ccccc4)cc(-c4ccccc4)cc3-c3ccccc3)cc2)cc1. The van der Waals surface area contributed by atoms with Crippen LogP contribution in [0.2, 0.25) is 0 Å². The molecule has 0 saturated carbocycles. The molecule has 0 bridgehead atoms. The van der Waals surface area contributed by atoms with E-state index < -0.39 is 6.71 Å². The molecule has 0 radical (unpaired) electrons. The van der Waals surface area contributed by atoms with Crippen molar-refractivity contribution in [2.45, 2.75) is 0 Å². The van der Waals surface area contributed by atoms with Crippen LogP contribution in [-0.2, 0) is 0 Å². The van der Waals surface area contributed by atoms with Crippen molar-refractivity contribution >= 4 is 139 Å². The molecule has 25 rings (SSSR count). The molecule has 0 amide bonds.